The first-order chi connectivity index (χ1) is 7.41. The van der Waals surface area contributed by atoms with E-state index in [0.29, 0.717) is 5.39 Å². The minimum Gasteiger partial charge on any atom is -0.398 e. The number of nitrogen functional groups attached to an aromatic ring is 1. The highest BCUT2D eigenvalue weighted by molar-refractivity contribution is 7.91. The lowest BCUT2D eigenvalue weighted by molar-refractivity contribution is 0.574. The van der Waals surface area contributed by atoms with Crippen molar-refractivity contribution in [2.75, 3.05) is 12.0 Å². The summed E-state index contributed by atoms with van der Waals surface area (Å²) >= 11 is 0. The lowest BCUT2D eigenvalue weighted by Crippen LogP contribution is -2.04. The van der Waals surface area contributed by atoms with Crippen molar-refractivity contribution in [1.29, 1.82) is 0 Å². The fraction of sp³-hybridized carbons (Fsp3) is 0.100. The molecule has 0 aliphatic carbocycles. The van der Waals surface area contributed by atoms with Crippen LogP contribution >= 0.6 is 0 Å². The number of aromatic nitrogens is 1. The Bertz CT molecular complexity index is 668. The van der Waals surface area contributed by atoms with Crippen LogP contribution in [0.15, 0.2) is 29.3 Å². The van der Waals surface area contributed by atoms with Crippen molar-refractivity contribution in [2.24, 2.45) is 0 Å². The molecule has 0 bridgehead atoms. The molecule has 2 N–H and O–H groups in total. The van der Waals surface area contributed by atoms with Crippen molar-refractivity contribution in [3.8, 4) is 0 Å². The maximum atomic E-state index is 13.6. The summed E-state index contributed by atoms with van der Waals surface area (Å²) in [7, 11) is -3.67. The molecule has 2 rings (SSSR count). The summed E-state index contributed by atoms with van der Waals surface area (Å²) in [6.45, 7) is 0. The van der Waals surface area contributed by atoms with Gasteiger partial charge in [0, 0.05) is 23.5 Å². The highest BCUT2D eigenvalue weighted by Crippen LogP contribution is 2.28. The molecule has 1 aromatic heterocycles. The van der Waals surface area contributed by atoms with Gasteiger partial charge in [-0.2, -0.15) is 0 Å². The van der Waals surface area contributed by atoms with Crippen LogP contribution < -0.4 is 5.73 Å². The van der Waals surface area contributed by atoms with Gasteiger partial charge in [-0.05, 0) is 18.2 Å². The average Bonchev–Trinajstić information content (AvgIpc) is 2.15. The van der Waals surface area contributed by atoms with Crippen LogP contribution in [0.2, 0.25) is 0 Å². The van der Waals surface area contributed by atoms with E-state index in [2.05, 4.69) is 4.98 Å². The summed E-state index contributed by atoms with van der Waals surface area (Å²) in [5.74, 6) is -0.869. The smallest absolute Gasteiger partial charge is 0.180 e. The molecule has 0 fully saturated rings. The van der Waals surface area contributed by atoms with Gasteiger partial charge in [-0.15, -0.1) is 0 Å². The molecule has 2 aromatic rings. The molecule has 0 aliphatic heterocycles. The van der Waals surface area contributed by atoms with Gasteiger partial charge in [-0.3, -0.25) is 4.98 Å². The molecular formula is C10H9FN2O2S. The van der Waals surface area contributed by atoms with E-state index in [1.165, 1.54) is 6.20 Å². The zero-order valence-electron chi connectivity index (χ0n) is 8.44. The van der Waals surface area contributed by atoms with Gasteiger partial charge in [0.05, 0.1) is 5.52 Å². The van der Waals surface area contributed by atoms with Gasteiger partial charge in [-0.25, -0.2) is 12.8 Å². The number of nitrogens with zero attached hydrogens (tertiary/aromatic N) is 1. The van der Waals surface area contributed by atoms with Crippen LogP contribution in [0.3, 0.4) is 0 Å². The number of pyridine rings is 1. The van der Waals surface area contributed by atoms with E-state index in [-0.39, 0.29) is 11.2 Å². The first kappa shape index (κ1) is 10.8. The predicted molar refractivity (Wildman–Crippen MR) is 59.2 cm³/mol. The molecule has 0 aliphatic rings. The molecule has 84 valence electrons. The van der Waals surface area contributed by atoms with Gasteiger partial charge in [0.1, 0.15) is 10.7 Å². The second-order valence-electron chi connectivity index (χ2n) is 3.45. The second kappa shape index (κ2) is 3.41. The minimum atomic E-state index is -3.67. The van der Waals surface area contributed by atoms with Gasteiger partial charge < -0.3 is 5.73 Å². The predicted octanol–water partition coefficient (Wildman–Crippen LogP) is 1.36. The van der Waals surface area contributed by atoms with Crippen LogP contribution in [0, 0.1) is 5.82 Å². The van der Waals surface area contributed by atoms with Gasteiger partial charge in [-0.1, -0.05) is 0 Å². The number of halogens is 1. The SMILES string of the molecule is CS(=O)(=O)c1c(F)cc(N)c2cccnc12. The number of hydrogen-bond acceptors (Lipinski definition) is 4. The van der Waals surface area contributed by atoms with Crippen molar-refractivity contribution in [2.45, 2.75) is 4.90 Å². The molecule has 0 saturated carbocycles. The van der Waals surface area contributed by atoms with Crippen molar-refractivity contribution >= 4 is 26.4 Å². The Morgan fingerprint density at radius 2 is 2.12 bits per heavy atom. The molecule has 4 nitrogen and oxygen atoms in total. The maximum Gasteiger partial charge on any atom is 0.180 e. The fourth-order valence-corrected chi connectivity index (χ4v) is 2.49. The van der Waals surface area contributed by atoms with E-state index >= 15 is 0 Å². The number of hydrogen-bond donors (Lipinski definition) is 1. The fourth-order valence-electron chi connectivity index (χ4n) is 1.56. The zero-order valence-corrected chi connectivity index (χ0v) is 9.25. The lowest BCUT2D eigenvalue weighted by atomic mass is 10.2. The molecule has 0 amide bonds. The number of fused-ring (bicyclic) bond motifs is 1. The number of benzene rings is 1. The Kier molecular flexibility index (Phi) is 2.31. The first-order valence-corrected chi connectivity index (χ1v) is 6.33. The molecule has 0 radical (unpaired) electrons. The lowest BCUT2D eigenvalue weighted by Gasteiger charge is -2.07. The minimum absolute atomic E-state index is 0.0718. The summed E-state index contributed by atoms with van der Waals surface area (Å²) in [6, 6.07) is 4.22. The summed E-state index contributed by atoms with van der Waals surface area (Å²) in [4.78, 5) is 3.46. The molecule has 16 heavy (non-hydrogen) atoms. The monoisotopic (exact) mass is 240 g/mol. The number of anilines is 1. The highest BCUT2D eigenvalue weighted by atomic mass is 32.2. The average molecular weight is 240 g/mol. The third kappa shape index (κ3) is 1.61. The molecule has 0 atom stereocenters. The summed E-state index contributed by atoms with van der Waals surface area (Å²) in [6.07, 6.45) is 2.34. The van der Waals surface area contributed by atoms with Crippen molar-refractivity contribution in [3.63, 3.8) is 0 Å². The number of nitrogens with two attached hydrogens (primary N) is 1. The van der Waals surface area contributed by atoms with Gasteiger partial charge >= 0.3 is 0 Å². The summed E-state index contributed by atoms with van der Waals surface area (Å²) in [5, 5.41) is 0.435. The summed E-state index contributed by atoms with van der Waals surface area (Å²) < 4.78 is 36.5. The Morgan fingerprint density at radius 1 is 1.44 bits per heavy atom. The van der Waals surface area contributed by atoms with E-state index < -0.39 is 20.5 Å². The highest BCUT2D eigenvalue weighted by Gasteiger charge is 2.20. The van der Waals surface area contributed by atoms with Gasteiger partial charge in [0.2, 0.25) is 0 Å². The van der Waals surface area contributed by atoms with Crippen LogP contribution in [0.25, 0.3) is 10.9 Å². The Labute approximate surface area is 91.8 Å². The van der Waals surface area contributed by atoms with Crippen LogP contribution in [0.4, 0.5) is 10.1 Å². The third-order valence-corrected chi connectivity index (χ3v) is 3.33. The largest absolute Gasteiger partial charge is 0.398 e. The zero-order chi connectivity index (χ0) is 11.9. The molecule has 1 heterocycles. The molecule has 1 aromatic carbocycles. The molecular weight excluding hydrogens is 231 g/mol. The van der Waals surface area contributed by atoms with Crippen molar-refractivity contribution in [3.05, 3.63) is 30.2 Å². The number of rotatable bonds is 1. The van der Waals surface area contributed by atoms with Crippen molar-refractivity contribution in [1.82, 2.24) is 4.98 Å². The number of sulfone groups is 1. The Balaban J connectivity index is 3.05. The quantitative estimate of drug-likeness (QED) is 0.764. The standard InChI is InChI=1S/C10H9FN2O2S/c1-16(14,15)10-7(11)5-8(12)6-3-2-4-13-9(6)10/h2-5H,12H2,1H3. The van der Waals surface area contributed by atoms with E-state index in [9.17, 15) is 12.8 Å². The molecule has 0 spiro atoms. The molecule has 0 unspecified atom stereocenters. The van der Waals surface area contributed by atoms with E-state index in [1.807, 2.05) is 0 Å². The molecule has 0 saturated heterocycles. The van der Waals surface area contributed by atoms with Crippen LogP contribution in [-0.4, -0.2) is 19.7 Å². The van der Waals surface area contributed by atoms with Crippen LogP contribution in [0.5, 0.6) is 0 Å². The van der Waals surface area contributed by atoms with E-state index in [1.54, 1.807) is 12.1 Å². The normalized spacial score (nSPS) is 11.9. The topological polar surface area (TPSA) is 73.0 Å². The van der Waals surface area contributed by atoms with Crippen LogP contribution in [-0.2, 0) is 9.84 Å². The Hall–Kier alpha value is -1.69. The van der Waals surface area contributed by atoms with E-state index in [0.717, 1.165) is 12.3 Å². The van der Waals surface area contributed by atoms with Crippen LogP contribution in [0.1, 0.15) is 0 Å². The van der Waals surface area contributed by atoms with E-state index in [4.69, 9.17) is 5.73 Å². The maximum absolute atomic E-state index is 13.6. The molecule has 6 heteroatoms. The Morgan fingerprint density at radius 3 is 2.75 bits per heavy atom. The van der Waals surface area contributed by atoms with Crippen molar-refractivity contribution < 1.29 is 12.8 Å². The second-order valence-corrected chi connectivity index (χ2v) is 5.40. The first-order valence-electron chi connectivity index (χ1n) is 4.44. The van der Waals surface area contributed by atoms with Gasteiger partial charge in [0.15, 0.2) is 9.84 Å². The third-order valence-electron chi connectivity index (χ3n) is 2.20. The van der Waals surface area contributed by atoms with Gasteiger partial charge in [0.25, 0.3) is 0 Å². The summed E-state index contributed by atoms with van der Waals surface area (Å²) in [5.41, 5.74) is 5.84.